The Morgan fingerprint density at radius 3 is 1.98 bits per heavy atom. The number of anilines is 5. The third kappa shape index (κ3) is 8.25. The Labute approximate surface area is 287 Å². The summed E-state index contributed by atoms with van der Waals surface area (Å²) in [5.74, 6) is -1.75. The van der Waals surface area contributed by atoms with E-state index in [1.165, 1.54) is 42.5 Å². The summed E-state index contributed by atoms with van der Waals surface area (Å²) in [5.41, 5.74) is -1.19. The zero-order valence-electron chi connectivity index (χ0n) is 24.8. The van der Waals surface area contributed by atoms with Gasteiger partial charge in [-0.15, -0.1) is 10.2 Å². The molecule has 0 saturated heterocycles. The summed E-state index contributed by atoms with van der Waals surface area (Å²) in [6, 6.07) is 13.5. The van der Waals surface area contributed by atoms with Crippen LogP contribution in [-0.4, -0.2) is 64.9 Å². The third-order valence-electron chi connectivity index (χ3n) is 6.42. The number of carbonyl (C=O) groups is 1. The maximum Gasteiger partial charge on any atom is 0.296 e. The number of carbonyl (C=O) groups excluding carboxylic acids is 1. The number of phenols is 1. The number of phenolic OH excluding ortho intramolecular Hbond substituents is 1. The number of aromatic hydroxyl groups is 1. The summed E-state index contributed by atoms with van der Waals surface area (Å²) in [6.07, 6.45) is 0. The fourth-order valence-corrected chi connectivity index (χ4v) is 6.53. The average molecular weight is 765 g/mol. The van der Waals surface area contributed by atoms with Crippen molar-refractivity contribution in [1.29, 1.82) is 0 Å². The molecule has 1 amide bonds. The molecule has 4 aromatic carbocycles. The van der Waals surface area contributed by atoms with E-state index in [0.29, 0.717) is 0 Å². The van der Waals surface area contributed by atoms with Gasteiger partial charge in [0.2, 0.25) is 23.1 Å². The lowest BCUT2D eigenvalue weighted by Gasteiger charge is -2.12. The summed E-state index contributed by atoms with van der Waals surface area (Å²) >= 11 is 6.03. The minimum absolute atomic E-state index is 0.00855. The second-order valence-electron chi connectivity index (χ2n) is 9.99. The first kappa shape index (κ1) is 35.9. The number of amides is 1. The summed E-state index contributed by atoms with van der Waals surface area (Å²) in [5, 5.41) is 25.8. The van der Waals surface area contributed by atoms with E-state index >= 15 is 0 Å². The second-order valence-corrected chi connectivity index (χ2v) is 14.5. The minimum Gasteiger partial charge on any atom is -0.505 e. The smallest absolute Gasteiger partial charge is 0.296 e. The van der Waals surface area contributed by atoms with Crippen LogP contribution in [0.3, 0.4) is 0 Å². The van der Waals surface area contributed by atoms with Gasteiger partial charge in [0.05, 0.1) is 5.69 Å². The number of rotatable bonds is 10. The predicted molar refractivity (Wildman–Crippen MR) is 178 cm³/mol. The fourth-order valence-electron chi connectivity index (χ4n) is 4.42. The number of fused-ring (bicyclic) bond motifs is 1. The second kappa shape index (κ2) is 13.5. The lowest BCUT2D eigenvalue weighted by Crippen LogP contribution is -2.07. The fraction of sp³-hybridized carbons (Fsp3) is 0.0370. The van der Waals surface area contributed by atoms with Crippen LogP contribution >= 0.6 is 11.6 Å². The van der Waals surface area contributed by atoms with E-state index in [4.69, 9.17) is 11.6 Å². The number of hydrogen-bond acceptors (Lipinski definition) is 15. The first-order valence-electron chi connectivity index (χ1n) is 13.4. The molecular weight excluding hydrogens is 744 g/mol. The van der Waals surface area contributed by atoms with Gasteiger partial charge >= 0.3 is 0 Å². The van der Waals surface area contributed by atoms with Crippen LogP contribution in [0.2, 0.25) is 5.28 Å². The van der Waals surface area contributed by atoms with E-state index in [1.807, 2.05) is 0 Å². The molecule has 0 spiro atoms. The molecule has 0 bridgehead atoms. The molecule has 0 atom stereocenters. The van der Waals surface area contributed by atoms with Crippen LogP contribution in [0.25, 0.3) is 10.8 Å². The van der Waals surface area contributed by atoms with Gasteiger partial charge in [0.25, 0.3) is 30.4 Å². The Morgan fingerprint density at radius 2 is 1.34 bits per heavy atom. The van der Waals surface area contributed by atoms with Gasteiger partial charge in [-0.3, -0.25) is 18.5 Å². The Bertz CT molecular complexity index is 2570. The lowest BCUT2D eigenvalue weighted by atomic mass is 10.1. The highest BCUT2D eigenvalue weighted by Crippen LogP contribution is 2.43. The van der Waals surface area contributed by atoms with Gasteiger partial charge in [0, 0.05) is 23.7 Å². The van der Waals surface area contributed by atoms with Crippen molar-refractivity contribution in [3.8, 4) is 5.75 Å². The first-order valence-corrected chi connectivity index (χ1v) is 18.1. The first-order chi connectivity index (χ1) is 23.3. The lowest BCUT2D eigenvalue weighted by molar-refractivity contribution is -0.114. The van der Waals surface area contributed by atoms with Gasteiger partial charge < -0.3 is 21.1 Å². The van der Waals surface area contributed by atoms with Crippen molar-refractivity contribution >= 4 is 99.0 Å². The van der Waals surface area contributed by atoms with Gasteiger partial charge in [-0.2, -0.15) is 40.2 Å². The molecule has 0 aliphatic heterocycles. The normalized spacial score (nSPS) is 12.3. The van der Waals surface area contributed by atoms with Crippen molar-refractivity contribution < 1.29 is 48.8 Å². The van der Waals surface area contributed by atoms with Gasteiger partial charge in [-0.05, 0) is 71.6 Å². The van der Waals surface area contributed by atoms with Crippen LogP contribution in [0, 0.1) is 0 Å². The number of nitrogens with one attached hydrogen (secondary N) is 3. The van der Waals surface area contributed by atoms with E-state index in [9.17, 15) is 48.8 Å². The van der Waals surface area contributed by atoms with Gasteiger partial charge in [0.15, 0.2) is 5.75 Å². The van der Waals surface area contributed by atoms with E-state index in [2.05, 4.69) is 41.1 Å². The SMILES string of the molecule is CC(=O)Nc1ccc(N=Nc2c(S(=O)(=O)O)cc3cc(Nc4nc(Cl)nc(Nc5ccccc5S(=O)(=O)O)n4)ccc3c2O)c(S(=O)(=O)O)c1. The van der Waals surface area contributed by atoms with Crippen LogP contribution in [0.4, 0.5) is 40.3 Å². The van der Waals surface area contributed by atoms with Gasteiger partial charge in [-0.25, -0.2) is 0 Å². The molecule has 0 aliphatic carbocycles. The highest BCUT2D eigenvalue weighted by atomic mass is 35.5. The maximum atomic E-state index is 12.4. The summed E-state index contributed by atoms with van der Waals surface area (Å²) in [6.45, 7) is 1.16. The van der Waals surface area contributed by atoms with Gasteiger partial charge in [-0.1, -0.05) is 12.1 Å². The Kier molecular flexibility index (Phi) is 9.71. The van der Waals surface area contributed by atoms with Crippen molar-refractivity contribution in [3.05, 3.63) is 72.0 Å². The number of aromatic nitrogens is 3. The molecule has 5 rings (SSSR count). The number of nitrogens with zero attached hydrogens (tertiary/aromatic N) is 5. The molecule has 23 heteroatoms. The van der Waals surface area contributed by atoms with Gasteiger partial charge in [0.1, 0.15) is 26.1 Å². The largest absolute Gasteiger partial charge is 0.505 e. The molecule has 0 fully saturated rings. The molecule has 19 nitrogen and oxygen atoms in total. The molecule has 0 unspecified atom stereocenters. The topological polar surface area (TPSA) is 300 Å². The number of azo groups is 1. The summed E-state index contributed by atoms with van der Waals surface area (Å²) in [7, 11) is -14.7. The Hall–Kier alpha value is -5.36. The summed E-state index contributed by atoms with van der Waals surface area (Å²) in [4.78, 5) is 21.1. The predicted octanol–water partition coefficient (Wildman–Crippen LogP) is 4.98. The van der Waals surface area contributed by atoms with Crippen LogP contribution in [-0.2, 0) is 35.1 Å². The molecule has 0 radical (unpaired) electrons. The number of hydrogen-bond donors (Lipinski definition) is 7. The van der Waals surface area contributed by atoms with Crippen molar-refractivity contribution in [3.63, 3.8) is 0 Å². The third-order valence-corrected chi connectivity index (χ3v) is 9.25. The van der Waals surface area contributed by atoms with Crippen LogP contribution in [0.5, 0.6) is 5.75 Å². The molecular formula is C27H21ClN8O11S3. The molecule has 5 aromatic rings. The highest BCUT2D eigenvalue weighted by Gasteiger charge is 2.24. The monoisotopic (exact) mass is 764 g/mol. The molecule has 260 valence electrons. The zero-order chi connectivity index (χ0) is 36.6. The molecule has 50 heavy (non-hydrogen) atoms. The van der Waals surface area contributed by atoms with Crippen LogP contribution in [0.15, 0.2) is 91.6 Å². The average Bonchev–Trinajstić information content (AvgIpc) is 2.99. The van der Waals surface area contributed by atoms with E-state index in [0.717, 1.165) is 31.2 Å². The molecule has 7 N–H and O–H groups in total. The number of halogens is 1. The summed E-state index contributed by atoms with van der Waals surface area (Å²) < 4.78 is 101. The Morgan fingerprint density at radius 1 is 0.720 bits per heavy atom. The zero-order valence-corrected chi connectivity index (χ0v) is 28.0. The van der Waals surface area contributed by atoms with Crippen molar-refractivity contribution in [2.24, 2.45) is 10.2 Å². The number of para-hydroxylation sites is 1. The Balaban J connectivity index is 1.52. The molecule has 0 aliphatic rings. The highest BCUT2D eigenvalue weighted by molar-refractivity contribution is 7.86. The standard InChI is InChI=1S/C27H21ClN8O11S3/c1-13(37)29-16-7-9-19(21(12-16)49(42,43)44)35-36-23-22(50(45,46)47)11-14-10-15(6-8-17(14)24(23)38)30-26-32-25(28)33-27(34-26)31-18-4-2-3-5-20(18)48(39,40)41/h2-12,38H,1H3,(H,29,37)(H,39,40,41)(H,42,43,44)(H,45,46,47)(H2,30,31,32,33,34). The minimum atomic E-state index is -5.11. The maximum absolute atomic E-state index is 12.4. The van der Waals surface area contributed by atoms with E-state index < -0.39 is 68.1 Å². The molecule has 1 aromatic heterocycles. The molecule has 0 saturated carbocycles. The van der Waals surface area contributed by atoms with Crippen LogP contribution < -0.4 is 16.0 Å². The van der Waals surface area contributed by atoms with Crippen molar-refractivity contribution in [2.75, 3.05) is 16.0 Å². The van der Waals surface area contributed by atoms with Crippen molar-refractivity contribution in [1.82, 2.24) is 15.0 Å². The quantitative estimate of drug-likeness (QED) is 0.0728. The number of benzene rings is 4. The molecule has 1 heterocycles. The van der Waals surface area contributed by atoms with E-state index in [1.54, 1.807) is 0 Å². The van der Waals surface area contributed by atoms with Crippen LogP contribution in [0.1, 0.15) is 6.92 Å². The van der Waals surface area contributed by atoms with E-state index in [-0.39, 0.29) is 45.0 Å². The van der Waals surface area contributed by atoms with Crippen molar-refractivity contribution in [2.45, 2.75) is 21.6 Å².